The molecule has 0 aliphatic heterocycles. The lowest BCUT2D eigenvalue weighted by Crippen LogP contribution is -2.21. The summed E-state index contributed by atoms with van der Waals surface area (Å²) in [5, 5.41) is 4.76. The number of nitrogens with one attached hydrogen (secondary N) is 1. The molecule has 0 spiro atoms. The summed E-state index contributed by atoms with van der Waals surface area (Å²) in [7, 11) is 0. The number of anilines is 1. The van der Waals surface area contributed by atoms with Crippen molar-refractivity contribution in [3.8, 4) is 0 Å². The van der Waals surface area contributed by atoms with E-state index in [0.29, 0.717) is 11.3 Å². The number of carbonyl (C=O) groups excluding carboxylic acids is 3. The van der Waals surface area contributed by atoms with Gasteiger partial charge in [-0.05, 0) is 35.4 Å². The van der Waals surface area contributed by atoms with Crippen LogP contribution in [0.15, 0.2) is 66.7 Å². The third-order valence-corrected chi connectivity index (χ3v) is 4.08. The molecular weight excluding hydrogens is 342 g/mol. The first kappa shape index (κ1) is 18.3. The van der Waals surface area contributed by atoms with Crippen LogP contribution >= 0.6 is 0 Å². The van der Waals surface area contributed by atoms with E-state index in [0.717, 1.165) is 16.3 Å². The first-order chi connectivity index (χ1) is 13.0. The van der Waals surface area contributed by atoms with Gasteiger partial charge >= 0.3 is 5.97 Å². The number of fused-ring (bicyclic) bond motifs is 1. The molecule has 0 saturated heterocycles. The van der Waals surface area contributed by atoms with Crippen molar-refractivity contribution in [3.05, 3.63) is 77.9 Å². The molecule has 5 heteroatoms. The van der Waals surface area contributed by atoms with E-state index in [1.54, 1.807) is 24.3 Å². The molecule has 0 aliphatic rings. The quantitative estimate of drug-likeness (QED) is 0.536. The predicted octanol–water partition coefficient (Wildman–Crippen LogP) is 3.77. The molecule has 0 unspecified atom stereocenters. The zero-order chi connectivity index (χ0) is 19.2. The highest BCUT2D eigenvalue weighted by Crippen LogP contribution is 2.16. The van der Waals surface area contributed by atoms with Crippen molar-refractivity contribution in [2.24, 2.45) is 0 Å². The van der Waals surface area contributed by atoms with Crippen molar-refractivity contribution >= 4 is 34.1 Å². The zero-order valence-corrected chi connectivity index (χ0v) is 14.9. The van der Waals surface area contributed by atoms with Gasteiger partial charge in [0.25, 0.3) is 5.91 Å². The van der Waals surface area contributed by atoms with Crippen molar-refractivity contribution in [1.29, 1.82) is 0 Å². The van der Waals surface area contributed by atoms with Crippen LogP contribution in [0.2, 0.25) is 0 Å². The predicted molar refractivity (Wildman–Crippen MR) is 104 cm³/mol. The van der Waals surface area contributed by atoms with Crippen LogP contribution in [0.1, 0.15) is 22.8 Å². The SMILES string of the molecule is CC(=O)c1cccc(NC(=O)COC(=O)Cc2ccc3ccccc3c2)c1. The highest BCUT2D eigenvalue weighted by atomic mass is 16.5. The number of carbonyl (C=O) groups is 3. The second kappa shape index (κ2) is 8.27. The van der Waals surface area contributed by atoms with Gasteiger partial charge in [-0.1, -0.05) is 54.6 Å². The summed E-state index contributed by atoms with van der Waals surface area (Å²) in [4.78, 5) is 35.3. The normalized spacial score (nSPS) is 10.4. The summed E-state index contributed by atoms with van der Waals surface area (Å²) >= 11 is 0. The fourth-order valence-corrected chi connectivity index (χ4v) is 2.73. The number of benzene rings is 3. The van der Waals surface area contributed by atoms with Gasteiger partial charge in [0.2, 0.25) is 0 Å². The van der Waals surface area contributed by atoms with E-state index in [-0.39, 0.29) is 18.8 Å². The maximum Gasteiger partial charge on any atom is 0.310 e. The maximum atomic E-state index is 12.0. The molecule has 5 nitrogen and oxygen atoms in total. The second-order valence-corrected chi connectivity index (χ2v) is 6.20. The van der Waals surface area contributed by atoms with E-state index >= 15 is 0 Å². The molecule has 0 radical (unpaired) electrons. The molecule has 0 aliphatic carbocycles. The smallest absolute Gasteiger partial charge is 0.310 e. The Bertz CT molecular complexity index is 1010. The maximum absolute atomic E-state index is 12.0. The Balaban J connectivity index is 1.52. The Morgan fingerprint density at radius 2 is 1.67 bits per heavy atom. The number of esters is 1. The van der Waals surface area contributed by atoms with Gasteiger partial charge in [-0.2, -0.15) is 0 Å². The van der Waals surface area contributed by atoms with Gasteiger partial charge in [0.05, 0.1) is 6.42 Å². The van der Waals surface area contributed by atoms with Gasteiger partial charge in [0.1, 0.15) is 0 Å². The summed E-state index contributed by atoms with van der Waals surface area (Å²) in [5.41, 5.74) is 1.81. The first-order valence-electron chi connectivity index (χ1n) is 8.55. The Labute approximate surface area is 157 Å². The molecule has 1 N–H and O–H groups in total. The number of Topliss-reactive ketones (excluding diaryl/α,β-unsaturated/α-hetero) is 1. The number of rotatable bonds is 6. The summed E-state index contributed by atoms with van der Waals surface area (Å²) in [6.07, 6.45) is 0.0952. The van der Waals surface area contributed by atoms with Gasteiger partial charge in [0.15, 0.2) is 12.4 Å². The molecule has 3 rings (SSSR count). The average molecular weight is 361 g/mol. The lowest BCUT2D eigenvalue weighted by molar-refractivity contribution is -0.146. The molecule has 1 amide bonds. The average Bonchev–Trinajstić information content (AvgIpc) is 2.66. The topological polar surface area (TPSA) is 72.5 Å². The van der Waals surface area contributed by atoms with Gasteiger partial charge in [-0.3, -0.25) is 14.4 Å². The van der Waals surface area contributed by atoms with Crippen LogP contribution in [0.3, 0.4) is 0 Å². The Hall–Kier alpha value is -3.47. The largest absolute Gasteiger partial charge is 0.455 e. The van der Waals surface area contributed by atoms with Crippen molar-refractivity contribution in [3.63, 3.8) is 0 Å². The van der Waals surface area contributed by atoms with Gasteiger partial charge in [-0.25, -0.2) is 0 Å². The van der Waals surface area contributed by atoms with E-state index < -0.39 is 11.9 Å². The van der Waals surface area contributed by atoms with E-state index in [4.69, 9.17) is 4.74 Å². The minimum Gasteiger partial charge on any atom is -0.455 e. The summed E-state index contributed by atoms with van der Waals surface area (Å²) in [6, 6.07) is 20.2. The highest BCUT2D eigenvalue weighted by Gasteiger charge is 2.10. The molecule has 3 aromatic carbocycles. The lowest BCUT2D eigenvalue weighted by Gasteiger charge is -2.08. The number of amides is 1. The van der Waals surface area contributed by atoms with Crippen LogP contribution in [0.4, 0.5) is 5.69 Å². The van der Waals surface area contributed by atoms with Crippen LogP contribution in [0.25, 0.3) is 10.8 Å². The molecule has 3 aromatic rings. The van der Waals surface area contributed by atoms with E-state index in [9.17, 15) is 14.4 Å². The van der Waals surface area contributed by atoms with Gasteiger partial charge in [-0.15, -0.1) is 0 Å². The van der Waals surface area contributed by atoms with E-state index in [1.807, 2.05) is 42.5 Å². The Morgan fingerprint density at radius 1 is 0.889 bits per heavy atom. The standard InChI is InChI=1S/C22H19NO4/c1-15(24)18-7-4-8-20(13-18)23-21(25)14-27-22(26)12-16-9-10-17-5-2-3-6-19(17)11-16/h2-11,13H,12,14H2,1H3,(H,23,25). The second-order valence-electron chi connectivity index (χ2n) is 6.20. The van der Waals surface area contributed by atoms with Crippen LogP contribution in [0, 0.1) is 0 Å². The van der Waals surface area contributed by atoms with Crippen molar-refractivity contribution < 1.29 is 19.1 Å². The molecule has 0 bridgehead atoms. The van der Waals surface area contributed by atoms with Gasteiger partial charge in [0, 0.05) is 11.3 Å². The molecule has 0 aromatic heterocycles. The van der Waals surface area contributed by atoms with Gasteiger partial charge < -0.3 is 10.1 Å². The summed E-state index contributed by atoms with van der Waals surface area (Å²) in [5.74, 6) is -1.02. The number of ketones is 1. The number of ether oxygens (including phenoxy) is 1. The van der Waals surface area contributed by atoms with Crippen LogP contribution < -0.4 is 5.32 Å². The first-order valence-corrected chi connectivity index (χ1v) is 8.55. The number of hydrogen-bond donors (Lipinski definition) is 1. The zero-order valence-electron chi connectivity index (χ0n) is 14.9. The lowest BCUT2D eigenvalue weighted by atomic mass is 10.1. The molecule has 0 heterocycles. The van der Waals surface area contributed by atoms with E-state index in [2.05, 4.69) is 5.32 Å². The molecule has 27 heavy (non-hydrogen) atoms. The van der Waals surface area contributed by atoms with Crippen LogP contribution in [-0.4, -0.2) is 24.3 Å². The Morgan fingerprint density at radius 3 is 2.44 bits per heavy atom. The fraction of sp³-hybridized carbons (Fsp3) is 0.136. The number of hydrogen-bond acceptors (Lipinski definition) is 4. The molecular formula is C22H19NO4. The molecule has 0 atom stereocenters. The van der Waals surface area contributed by atoms with Crippen LogP contribution in [-0.2, 0) is 20.7 Å². The molecule has 136 valence electrons. The third kappa shape index (κ3) is 5.01. The minimum absolute atomic E-state index is 0.0899. The van der Waals surface area contributed by atoms with Crippen molar-refractivity contribution in [2.45, 2.75) is 13.3 Å². The minimum atomic E-state index is -0.474. The van der Waals surface area contributed by atoms with Crippen molar-refractivity contribution in [1.82, 2.24) is 0 Å². The monoisotopic (exact) mass is 361 g/mol. The summed E-state index contributed by atoms with van der Waals surface area (Å²) in [6.45, 7) is 1.08. The fourth-order valence-electron chi connectivity index (χ4n) is 2.73. The highest BCUT2D eigenvalue weighted by molar-refractivity contribution is 5.97. The summed E-state index contributed by atoms with van der Waals surface area (Å²) < 4.78 is 5.05. The third-order valence-electron chi connectivity index (χ3n) is 4.08. The molecule has 0 fully saturated rings. The van der Waals surface area contributed by atoms with Crippen molar-refractivity contribution in [2.75, 3.05) is 11.9 Å². The Kier molecular flexibility index (Phi) is 5.61. The molecule has 0 saturated carbocycles. The van der Waals surface area contributed by atoms with E-state index in [1.165, 1.54) is 6.92 Å². The van der Waals surface area contributed by atoms with Crippen LogP contribution in [0.5, 0.6) is 0 Å².